The van der Waals surface area contributed by atoms with Gasteiger partial charge in [-0.25, -0.2) is 0 Å². The van der Waals surface area contributed by atoms with Crippen molar-refractivity contribution in [3.8, 4) is 11.5 Å². The van der Waals surface area contributed by atoms with Gasteiger partial charge in [0.05, 0.1) is 24.1 Å². The standard InChI is InChI=1S/C32H31IO5P2/c1-21-16-24(34-2)17-26-27-18-25(35-3)19-28(33)32(27)38-40(37-31(21)26)36-20-39-29(22-10-6-4-7-11-22)14-15-30(39)23-12-8-5-9-13-23/h4-13,16-19,29-30H,14-15,20H2,1-3H3/t29-,30-,40?/m0/s1. The molecule has 1 aliphatic heterocycles. The predicted molar refractivity (Wildman–Crippen MR) is 173 cm³/mol. The summed E-state index contributed by atoms with van der Waals surface area (Å²) in [6, 6.07) is 29.7. The van der Waals surface area contributed by atoms with Crippen molar-refractivity contribution in [1.82, 2.24) is 0 Å². The third kappa shape index (κ3) is 5.52. The zero-order chi connectivity index (χ0) is 27.6. The molecule has 6 rings (SSSR count). The van der Waals surface area contributed by atoms with Crippen LogP contribution in [0.3, 0.4) is 0 Å². The van der Waals surface area contributed by atoms with E-state index in [9.17, 15) is 0 Å². The second-order valence-electron chi connectivity index (χ2n) is 9.92. The summed E-state index contributed by atoms with van der Waals surface area (Å²) in [5.41, 5.74) is 6.20. The fourth-order valence-electron chi connectivity index (χ4n) is 5.60. The third-order valence-electron chi connectivity index (χ3n) is 7.55. The summed E-state index contributed by atoms with van der Waals surface area (Å²) in [6.45, 7) is 2.03. The highest BCUT2D eigenvalue weighted by molar-refractivity contribution is 14.1. The van der Waals surface area contributed by atoms with E-state index >= 15 is 0 Å². The van der Waals surface area contributed by atoms with Crippen molar-refractivity contribution in [3.05, 3.63) is 105 Å². The number of halogens is 1. The lowest BCUT2D eigenvalue weighted by Crippen LogP contribution is -2.02. The Morgan fingerprint density at radius 3 is 1.85 bits per heavy atom. The lowest BCUT2D eigenvalue weighted by molar-refractivity contribution is 0.414. The summed E-state index contributed by atoms with van der Waals surface area (Å²) in [5, 5.41) is 1.82. The van der Waals surface area contributed by atoms with Gasteiger partial charge in [-0.3, -0.25) is 4.52 Å². The number of rotatable bonds is 7. The number of ether oxygens (including phenoxy) is 2. The van der Waals surface area contributed by atoms with E-state index in [2.05, 4.69) is 83.3 Å². The van der Waals surface area contributed by atoms with Gasteiger partial charge in [0, 0.05) is 22.1 Å². The van der Waals surface area contributed by atoms with E-state index in [1.54, 1.807) is 14.2 Å². The van der Waals surface area contributed by atoms with Crippen molar-refractivity contribution < 1.29 is 22.4 Å². The number of methoxy groups -OCH3 is 2. The number of hydrogen-bond acceptors (Lipinski definition) is 5. The van der Waals surface area contributed by atoms with Gasteiger partial charge in [0.15, 0.2) is 5.58 Å². The summed E-state index contributed by atoms with van der Waals surface area (Å²) < 4.78 is 31.9. The Morgan fingerprint density at radius 1 is 0.750 bits per heavy atom. The first-order valence-electron chi connectivity index (χ1n) is 13.3. The highest BCUT2D eigenvalue weighted by atomic mass is 127. The summed E-state index contributed by atoms with van der Waals surface area (Å²) in [6.07, 6.45) is 2.91. The van der Waals surface area contributed by atoms with Gasteiger partial charge in [0.1, 0.15) is 17.1 Å². The first kappa shape index (κ1) is 27.7. The van der Waals surface area contributed by atoms with Gasteiger partial charge < -0.3 is 17.9 Å². The molecule has 8 heteroatoms. The normalized spacial score (nSPS) is 17.9. The van der Waals surface area contributed by atoms with Gasteiger partial charge in [0.25, 0.3) is 0 Å². The summed E-state index contributed by atoms with van der Waals surface area (Å²) in [4.78, 5) is 0. The Labute approximate surface area is 250 Å². The third-order valence-corrected chi connectivity index (χ3v) is 12.7. The Kier molecular flexibility index (Phi) is 8.41. The lowest BCUT2D eigenvalue weighted by atomic mass is 10.0. The first-order valence-corrected chi connectivity index (χ1v) is 17.1. The van der Waals surface area contributed by atoms with E-state index in [4.69, 9.17) is 22.4 Å². The van der Waals surface area contributed by atoms with Gasteiger partial charge in [0.2, 0.25) is 0 Å². The number of benzene rings is 4. The molecule has 0 bridgehead atoms. The van der Waals surface area contributed by atoms with Crippen molar-refractivity contribution in [3.63, 3.8) is 0 Å². The van der Waals surface area contributed by atoms with Crippen molar-refractivity contribution in [2.45, 2.75) is 31.1 Å². The molecule has 1 aliphatic rings. The molecular formula is C32H31IO5P2. The van der Waals surface area contributed by atoms with Crippen LogP contribution in [0.2, 0.25) is 0 Å². The van der Waals surface area contributed by atoms with Crippen LogP contribution in [-0.4, -0.2) is 20.6 Å². The minimum Gasteiger partial charge on any atom is -0.497 e. The topological polar surface area (TPSA) is 54.0 Å². The molecule has 2 heterocycles. The molecule has 1 saturated heterocycles. The van der Waals surface area contributed by atoms with E-state index in [1.165, 1.54) is 11.1 Å². The van der Waals surface area contributed by atoms with Crippen LogP contribution in [-0.2, 0) is 0 Å². The van der Waals surface area contributed by atoms with Crippen LogP contribution >= 0.6 is 38.8 Å². The van der Waals surface area contributed by atoms with E-state index < -0.39 is 16.2 Å². The molecule has 0 radical (unpaired) electrons. The minimum absolute atomic E-state index is 0.471. The Hall–Kier alpha value is -2.50. The van der Waals surface area contributed by atoms with Gasteiger partial charge >= 0.3 is 8.24 Å². The zero-order valence-corrected chi connectivity index (χ0v) is 26.6. The fraction of sp³-hybridized carbons (Fsp3) is 0.250. The highest BCUT2D eigenvalue weighted by Gasteiger charge is 2.38. The molecule has 0 aliphatic carbocycles. The molecule has 5 nitrogen and oxygen atoms in total. The monoisotopic (exact) mass is 684 g/mol. The van der Waals surface area contributed by atoms with Crippen molar-refractivity contribution in [2.24, 2.45) is 0 Å². The van der Waals surface area contributed by atoms with Gasteiger partial charge in [-0.05, 0) is 83.3 Å². The molecule has 3 atom stereocenters. The quantitative estimate of drug-likeness (QED) is 0.126. The largest absolute Gasteiger partial charge is 0.497 e. The molecule has 1 fully saturated rings. The fourth-order valence-corrected chi connectivity index (χ4v) is 11.1. The number of fused-ring (bicyclic) bond motifs is 3. The maximum atomic E-state index is 6.67. The second-order valence-corrected chi connectivity index (χ2v) is 14.7. The molecule has 5 aromatic rings. The number of hydrogen-bond donors (Lipinski definition) is 0. The molecule has 1 aromatic heterocycles. The maximum absolute atomic E-state index is 6.67. The Balaban J connectivity index is 1.45. The van der Waals surface area contributed by atoms with Crippen molar-refractivity contribution in [2.75, 3.05) is 20.6 Å². The van der Waals surface area contributed by atoms with Crippen LogP contribution in [0.25, 0.3) is 21.9 Å². The molecule has 1 unspecified atom stereocenters. The number of aryl methyl sites for hydroxylation is 1. The molecule has 4 aromatic carbocycles. The summed E-state index contributed by atoms with van der Waals surface area (Å²) in [5.74, 6) is 1.53. The molecule has 206 valence electrons. The van der Waals surface area contributed by atoms with Gasteiger partial charge in [-0.15, -0.1) is 0 Å². The average Bonchev–Trinajstić information content (AvgIpc) is 3.34. The maximum Gasteiger partial charge on any atom is 0.387 e. The Bertz CT molecular complexity index is 1550. The molecule has 0 amide bonds. The van der Waals surface area contributed by atoms with E-state index in [0.717, 1.165) is 55.4 Å². The molecule has 0 spiro atoms. The zero-order valence-electron chi connectivity index (χ0n) is 22.7. The van der Waals surface area contributed by atoms with Crippen LogP contribution in [0.4, 0.5) is 0 Å². The lowest BCUT2D eigenvalue weighted by Gasteiger charge is -2.25. The second kappa shape index (κ2) is 12.2. The summed E-state index contributed by atoms with van der Waals surface area (Å²) >= 11 is 2.30. The predicted octanol–water partition coefficient (Wildman–Crippen LogP) is 10.4. The van der Waals surface area contributed by atoms with Crippen LogP contribution in [0.5, 0.6) is 11.5 Å². The van der Waals surface area contributed by atoms with E-state index in [1.807, 2.05) is 31.2 Å². The van der Waals surface area contributed by atoms with Crippen LogP contribution in [0.15, 0.2) is 93.3 Å². The Morgan fingerprint density at radius 2 is 1.27 bits per heavy atom. The van der Waals surface area contributed by atoms with E-state index in [-0.39, 0.29) is 0 Å². The first-order chi connectivity index (χ1) is 19.6. The SMILES string of the molecule is COc1cc(C)c2op(OCP3[C@H](c4ccccc4)CC[C@H]3c3ccccc3)oc3c(I)cc(OC)cc3c2c1. The van der Waals surface area contributed by atoms with Crippen LogP contribution in [0, 0.1) is 10.5 Å². The molecular weight excluding hydrogens is 653 g/mol. The van der Waals surface area contributed by atoms with Crippen molar-refractivity contribution >= 4 is 60.7 Å². The molecule has 0 N–H and O–H groups in total. The smallest absolute Gasteiger partial charge is 0.387 e. The van der Waals surface area contributed by atoms with Crippen LogP contribution in [0.1, 0.15) is 40.8 Å². The van der Waals surface area contributed by atoms with Gasteiger partial charge in [-0.2, -0.15) is 0 Å². The molecule has 0 saturated carbocycles. The van der Waals surface area contributed by atoms with Gasteiger partial charge in [-0.1, -0.05) is 68.6 Å². The average molecular weight is 684 g/mol. The highest BCUT2D eigenvalue weighted by Crippen LogP contribution is 2.70. The minimum atomic E-state index is -1.69. The van der Waals surface area contributed by atoms with Crippen molar-refractivity contribution in [1.29, 1.82) is 0 Å². The van der Waals surface area contributed by atoms with Crippen LogP contribution < -0.4 is 14.0 Å². The van der Waals surface area contributed by atoms with E-state index in [0.29, 0.717) is 17.7 Å². The summed E-state index contributed by atoms with van der Waals surface area (Å²) in [7, 11) is 1.13. The molecule has 40 heavy (non-hydrogen) atoms.